The SMILES string of the molecule is CC(=O)c1c(C)[nH]c(C(=O)N2CSCC2C(=O)Nc2ccc(C)c(C)c2)c1C. The van der Waals surface area contributed by atoms with E-state index in [0.29, 0.717) is 34.1 Å². The number of thioether (sulfide) groups is 1. The Morgan fingerprint density at radius 3 is 2.46 bits per heavy atom. The van der Waals surface area contributed by atoms with Gasteiger partial charge in [0.2, 0.25) is 5.91 Å². The first-order chi connectivity index (χ1) is 13.2. The van der Waals surface area contributed by atoms with Crippen LogP contribution in [0, 0.1) is 27.7 Å². The lowest BCUT2D eigenvalue weighted by atomic mass is 10.1. The van der Waals surface area contributed by atoms with Crippen LogP contribution in [0.5, 0.6) is 0 Å². The molecule has 1 unspecified atom stereocenters. The summed E-state index contributed by atoms with van der Waals surface area (Å²) in [5.41, 5.74) is 5.23. The quantitative estimate of drug-likeness (QED) is 0.770. The maximum Gasteiger partial charge on any atom is 0.271 e. The number of aromatic amines is 1. The van der Waals surface area contributed by atoms with Gasteiger partial charge in [0.1, 0.15) is 11.7 Å². The Labute approximate surface area is 169 Å². The van der Waals surface area contributed by atoms with Gasteiger partial charge in [0.25, 0.3) is 5.91 Å². The van der Waals surface area contributed by atoms with Gasteiger partial charge < -0.3 is 15.2 Å². The number of aryl methyl sites for hydroxylation is 3. The lowest BCUT2D eigenvalue weighted by Gasteiger charge is -2.23. The number of ketones is 1. The molecule has 1 fully saturated rings. The fourth-order valence-corrected chi connectivity index (χ4v) is 4.69. The molecule has 7 heteroatoms. The number of nitrogens with zero attached hydrogens (tertiary/aromatic N) is 1. The number of Topliss-reactive ketones (excluding diaryl/α,β-unsaturated/α-hetero) is 1. The van der Waals surface area contributed by atoms with Crippen LogP contribution in [0.2, 0.25) is 0 Å². The van der Waals surface area contributed by atoms with Gasteiger partial charge in [0.15, 0.2) is 5.78 Å². The summed E-state index contributed by atoms with van der Waals surface area (Å²) < 4.78 is 0. The van der Waals surface area contributed by atoms with Crippen LogP contribution in [0.25, 0.3) is 0 Å². The first kappa shape index (κ1) is 20.2. The van der Waals surface area contributed by atoms with Crippen LogP contribution < -0.4 is 5.32 Å². The number of benzene rings is 1. The molecule has 1 aliphatic heterocycles. The number of nitrogens with one attached hydrogen (secondary N) is 2. The third kappa shape index (κ3) is 3.71. The van der Waals surface area contributed by atoms with Crippen molar-refractivity contribution in [1.29, 1.82) is 0 Å². The van der Waals surface area contributed by atoms with E-state index >= 15 is 0 Å². The van der Waals surface area contributed by atoms with E-state index in [9.17, 15) is 14.4 Å². The van der Waals surface area contributed by atoms with Crippen LogP contribution in [0.4, 0.5) is 5.69 Å². The van der Waals surface area contributed by atoms with Gasteiger partial charge in [0, 0.05) is 22.7 Å². The molecule has 2 N–H and O–H groups in total. The van der Waals surface area contributed by atoms with E-state index in [1.54, 1.807) is 30.5 Å². The van der Waals surface area contributed by atoms with E-state index in [-0.39, 0.29) is 17.6 Å². The molecule has 1 saturated heterocycles. The molecule has 3 rings (SSSR count). The molecule has 148 valence electrons. The predicted octanol–water partition coefficient (Wildman–Crippen LogP) is 3.60. The zero-order chi connectivity index (χ0) is 20.6. The van der Waals surface area contributed by atoms with Crippen LogP contribution in [-0.4, -0.2) is 45.2 Å². The Balaban J connectivity index is 1.81. The molecule has 0 spiro atoms. The summed E-state index contributed by atoms with van der Waals surface area (Å²) in [6.07, 6.45) is 0. The van der Waals surface area contributed by atoms with E-state index in [1.807, 2.05) is 32.0 Å². The lowest BCUT2D eigenvalue weighted by molar-refractivity contribution is -0.119. The number of carbonyl (C=O) groups excluding carboxylic acids is 3. The smallest absolute Gasteiger partial charge is 0.271 e. The molecular weight excluding hydrogens is 374 g/mol. The summed E-state index contributed by atoms with van der Waals surface area (Å²) in [5, 5.41) is 2.93. The zero-order valence-electron chi connectivity index (χ0n) is 16.8. The standard InChI is InChI=1S/C21H25N3O3S/c1-11-6-7-16(8-12(11)2)23-20(26)17-9-28-10-24(17)21(27)19-13(3)18(15(5)25)14(4)22-19/h6-8,17,22H,9-10H2,1-5H3,(H,23,26). The summed E-state index contributed by atoms with van der Waals surface area (Å²) in [5.74, 6) is 0.454. The average Bonchev–Trinajstić information content (AvgIpc) is 3.22. The zero-order valence-corrected chi connectivity index (χ0v) is 17.6. The van der Waals surface area contributed by atoms with E-state index < -0.39 is 6.04 Å². The molecule has 6 nitrogen and oxygen atoms in total. The third-order valence-corrected chi connectivity index (χ3v) is 6.24. The fourth-order valence-electron chi connectivity index (χ4n) is 3.54. The normalized spacial score (nSPS) is 16.3. The van der Waals surface area contributed by atoms with Crippen LogP contribution in [-0.2, 0) is 4.79 Å². The largest absolute Gasteiger partial charge is 0.354 e. The molecule has 2 aromatic rings. The maximum atomic E-state index is 13.1. The summed E-state index contributed by atoms with van der Waals surface area (Å²) >= 11 is 1.54. The number of hydrogen-bond acceptors (Lipinski definition) is 4. The first-order valence-corrected chi connectivity index (χ1v) is 10.3. The van der Waals surface area contributed by atoms with Crippen molar-refractivity contribution in [1.82, 2.24) is 9.88 Å². The highest BCUT2D eigenvalue weighted by atomic mass is 32.2. The number of aromatic nitrogens is 1. The Morgan fingerprint density at radius 1 is 1.14 bits per heavy atom. The van der Waals surface area contributed by atoms with Crippen molar-refractivity contribution in [2.24, 2.45) is 0 Å². The van der Waals surface area contributed by atoms with E-state index in [2.05, 4.69) is 10.3 Å². The van der Waals surface area contributed by atoms with Gasteiger partial charge in [-0.25, -0.2) is 0 Å². The number of anilines is 1. The Bertz CT molecular complexity index is 964. The molecule has 28 heavy (non-hydrogen) atoms. The van der Waals surface area contributed by atoms with E-state index in [0.717, 1.165) is 16.8 Å². The monoisotopic (exact) mass is 399 g/mol. The summed E-state index contributed by atoms with van der Waals surface area (Å²) in [4.78, 5) is 42.4. The van der Waals surface area contributed by atoms with Crippen molar-refractivity contribution in [3.8, 4) is 0 Å². The number of carbonyl (C=O) groups is 3. The van der Waals surface area contributed by atoms with Crippen LogP contribution in [0.3, 0.4) is 0 Å². The molecule has 2 heterocycles. The second-order valence-electron chi connectivity index (χ2n) is 7.26. The van der Waals surface area contributed by atoms with Crippen molar-refractivity contribution >= 4 is 35.0 Å². The highest BCUT2D eigenvalue weighted by Gasteiger charge is 2.37. The molecular formula is C21H25N3O3S. The summed E-state index contributed by atoms with van der Waals surface area (Å²) in [6.45, 7) is 9.05. The Kier molecular flexibility index (Phi) is 5.65. The van der Waals surface area contributed by atoms with Crippen molar-refractivity contribution < 1.29 is 14.4 Å². The first-order valence-electron chi connectivity index (χ1n) is 9.17. The number of rotatable bonds is 4. The molecule has 0 saturated carbocycles. The third-order valence-electron chi connectivity index (χ3n) is 5.22. The van der Waals surface area contributed by atoms with Crippen molar-refractivity contribution in [3.63, 3.8) is 0 Å². The van der Waals surface area contributed by atoms with Gasteiger partial charge in [-0.3, -0.25) is 14.4 Å². The van der Waals surface area contributed by atoms with Gasteiger partial charge in [0.05, 0.1) is 5.88 Å². The second-order valence-corrected chi connectivity index (χ2v) is 8.26. The van der Waals surface area contributed by atoms with Gasteiger partial charge in [-0.05, 0) is 63.4 Å². The van der Waals surface area contributed by atoms with Gasteiger partial charge >= 0.3 is 0 Å². The minimum atomic E-state index is -0.553. The number of H-pyrrole nitrogens is 1. The fraction of sp³-hybridized carbons (Fsp3) is 0.381. The van der Waals surface area contributed by atoms with Gasteiger partial charge in [-0.15, -0.1) is 11.8 Å². The predicted molar refractivity (Wildman–Crippen MR) is 112 cm³/mol. The Morgan fingerprint density at radius 2 is 1.86 bits per heavy atom. The van der Waals surface area contributed by atoms with Crippen LogP contribution in [0.1, 0.15) is 50.2 Å². The molecule has 1 aromatic heterocycles. The Hall–Kier alpha value is -2.54. The summed E-state index contributed by atoms with van der Waals surface area (Å²) in [7, 11) is 0. The van der Waals surface area contributed by atoms with E-state index in [1.165, 1.54) is 6.92 Å². The number of amides is 2. The molecule has 0 radical (unpaired) electrons. The van der Waals surface area contributed by atoms with Gasteiger partial charge in [-0.1, -0.05) is 6.07 Å². The van der Waals surface area contributed by atoms with Gasteiger partial charge in [-0.2, -0.15) is 0 Å². The van der Waals surface area contributed by atoms with Crippen molar-refractivity contribution in [3.05, 3.63) is 51.8 Å². The molecule has 0 aliphatic carbocycles. The molecule has 1 aliphatic rings. The lowest BCUT2D eigenvalue weighted by Crippen LogP contribution is -2.44. The molecule has 2 amide bonds. The van der Waals surface area contributed by atoms with E-state index in [4.69, 9.17) is 0 Å². The second kappa shape index (κ2) is 7.83. The minimum Gasteiger partial charge on any atom is -0.354 e. The molecule has 1 aromatic carbocycles. The summed E-state index contributed by atoms with van der Waals surface area (Å²) in [6, 6.07) is 5.21. The van der Waals surface area contributed by atoms with Crippen LogP contribution >= 0.6 is 11.8 Å². The highest BCUT2D eigenvalue weighted by Crippen LogP contribution is 2.27. The topological polar surface area (TPSA) is 82.3 Å². The van der Waals surface area contributed by atoms with Crippen LogP contribution in [0.15, 0.2) is 18.2 Å². The average molecular weight is 400 g/mol. The molecule has 1 atom stereocenters. The number of hydrogen-bond donors (Lipinski definition) is 2. The molecule has 0 bridgehead atoms. The minimum absolute atomic E-state index is 0.0786. The van der Waals surface area contributed by atoms with Crippen molar-refractivity contribution in [2.45, 2.75) is 40.7 Å². The maximum absolute atomic E-state index is 13.1. The highest BCUT2D eigenvalue weighted by molar-refractivity contribution is 7.99. The van der Waals surface area contributed by atoms with Crippen molar-refractivity contribution in [2.75, 3.05) is 16.9 Å².